The lowest BCUT2D eigenvalue weighted by molar-refractivity contribution is -0.143. The number of hydrogen-bond donors (Lipinski definition) is 1. The van der Waals surface area contributed by atoms with Crippen LogP contribution in [0.5, 0.6) is 0 Å². The van der Waals surface area contributed by atoms with Gasteiger partial charge in [-0.1, -0.05) is 20.8 Å². The third-order valence-electron chi connectivity index (χ3n) is 9.48. The highest BCUT2D eigenvalue weighted by atomic mass is 16.5. The van der Waals surface area contributed by atoms with Gasteiger partial charge < -0.3 is 10.5 Å². The molecule has 0 aromatic rings. The van der Waals surface area contributed by atoms with Crippen LogP contribution in [0, 0.1) is 40.4 Å². The Morgan fingerprint density at radius 2 is 1.89 bits per heavy atom. The quantitative estimate of drug-likeness (QED) is 0.717. The second kappa shape index (κ2) is 6.88. The molecule has 7 atom stereocenters. The lowest BCUT2D eigenvalue weighted by Gasteiger charge is -2.58. The van der Waals surface area contributed by atoms with Crippen LogP contribution in [0.25, 0.3) is 0 Å². The molecule has 0 aromatic heterocycles. The van der Waals surface area contributed by atoms with Gasteiger partial charge in [0.15, 0.2) is 5.78 Å². The van der Waals surface area contributed by atoms with Gasteiger partial charge in [-0.05, 0) is 90.9 Å². The summed E-state index contributed by atoms with van der Waals surface area (Å²) in [6.45, 7) is 9.24. The molecule has 4 aliphatic carbocycles. The monoisotopic (exact) mass is 387 g/mol. The minimum absolute atomic E-state index is 0.129. The summed E-state index contributed by atoms with van der Waals surface area (Å²) in [6, 6.07) is 0. The van der Waals surface area contributed by atoms with Crippen molar-refractivity contribution in [3.8, 4) is 0 Å². The van der Waals surface area contributed by atoms with E-state index in [1.807, 2.05) is 0 Å². The van der Waals surface area contributed by atoms with Gasteiger partial charge in [-0.25, -0.2) is 0 Å². The van der Waals surface area contributed by atoms with Crippen LogP contribution in [0.4, 0.5) is 0 Å². The predicted molar refractivity (Wildman–Crippen MR) is 109 cm³/mol. The van der Waals surface area contributed by atoms with Crippen molar-refractivity contribution < 1.29 is 14.3 Å². The number of ether oxygens (including phenoxy) is 1. The number of nitrogens with two attached hydrogens (primary N) is 1. The zero-order valence-corrected chi connectivity index (χ0v) is 18.1. The zero-order valence-electron chi connectivity index (χ0n) is 18.1. The Labute approximate surface area is 169 Å². The van der Waals surface area contributed by atoms with Crippen molar-refractivity contribution in [3.05, 3.63) is 11.3 Å². The Bertz CT molecular complexity index is 713. The van der Waals surface area contributed by atoms with Gasteiger partial charge in [0.1, 0.15) is 0 Å². The SMILES string of the molecule is CC(=O)OC[C@@H](C)[C@H]1CC[C@H]2[C@@H]3CCC4=C(N)C(=O)CC[C@]4(C)[C@H]3CC[C@]12C. The number of fused-ring (bicyclic) bond motifs is 5. The molecule has 0 saturated heterocycles. The van der Waals surface area contributed by atoms with Crippen LogP contribution >= 0.6 is 0 Å². The summed E-state index contributed by atoms with van der Waals surface area (Å²) >= 11 is 0. The highest BCUT2D eigenvalue weighted by molar-refractivity contribution is 5.96. The van der Waals surface area contributed by atoms with Crippen LogP contribution in [-0.2, 0) is 14.3 Å². The van der Waals surface area contributed by atoms with Crippen molar-refractivity contribution in [2.75, 3.05) is 6.61 Å². The molecule has 4 heteroatoms. The number of esters is 1. The Balaban J connectivity index is 1.57. The fourth-order valence-corrected chi connectivity index (χ4v) is 8.10. The third-order valence-corrected chi connectivity index (χ3v) is 9.48. The number of ketones is 1. The number of rotatable bonds is 3. The molecule has 0 bridgehead atoms. The van der Waals surface area contributed by atoms with Gasteiger partial charge in [0, 0.05) is 13.3 Å². The fourth-order valence-electron chi connectivity index (χ4n) is 8.10. The van der Waals surface area contributed by atoms with Gasteiger partial charge in [0.2, 0.25) is 0 Å². The standard InChI is InChI=1S/C24H37NO3/c1-14(13-28-15(2)26)17-7-8-18-16-5-6-20-22(25)21(27)10-12-24(20,4)19(16)9-11-23(17,18)3/h14,16-19H,5-13,25H2,1-4H3/t14-,16+,17-,18+,19+,23-,24-/m1/s1. The van der Waals surface area contributed by atoms with E-state index in [0.29, 0.717) is 41.9 Å². The first-order valence-corrected chi connectivity index (χ1v) is 11.3. The summed E-state index contributed by atoms with van der Waals surface area (Å²) in [4.78, 5) is 23.5. The number of hydrogen-bond acceptors (Lipinski definition) is 4. The molecule has 4 nitrogen and oxygen atoms in total. The molecule has 0 amide bonds. The molecule has 0 radical (unpaired) electrons. The first-order valence-electron chi connectivity index (χ1n) is 11.3. The van der Waals surface area contributed by atoms with Crippen molar-refractivity contribution in [3.63, 3.8) is 0 Å². The van der Waals surface area contributed by atoms with Crippen LogP contribution in [0.1, 0.15) is 79.1 Å². The molecule has 3 fully saturated rings. The Kier molecular flexibility index (Phi) is 4.91. The van der Waals surface area contributed by atoms with Gasteiger partial charge in [-0.2, -0.15) is 0 Å². The summed E-state index contributed by atoms with van der Waals surface area (Å²) in [5.41, 5.74) is 8.65. The molecule has 156 valence electrons. The normalized spacial score (nSPS) is 43.8. The topological polar surface area (TPSA) is 69.4 Å². The van der Waals surface area contributed by atoms with Gasteiger partial charge in [-0.3, -0.25) is 9.59 Å². The van der Waals surface area contributed by atoms with E-state index in [9.17, 15) is 9.59 Å². The predicted octanol–water partition coefficient (Wildman–Crippen LogP) is 4.62. The molecule has 4 rings (SSSR count). The van der Waals surface area contributed by atoms with E-state index in [-0.39, 0.29) is 17.2 Å². The third kappa shape index (κ3) is 2.85. The summed E-state index contributed by atoms with van der Waals surface area (Å²) < 4.78 is 5.37. The maximum atomic E-state index is 12.2. The number of allylic oxidation sites excluding steroid dienone is 1. The van der Waals surface area contributed by atoms with Gasteiger partial charge in [-0.15, -0.1) is 0 Å². The Hall–Kier alpha value is -1.32. The molecule has 0 heterocycles. The summed E-state index contributed by atoms with van der Waals surface area (Å²) in [5, 5.41) is 0. The molecule has 0 aromatic carbocycles. The van der Waals surface area contributed by atoms with Crippen molar-refractivity contribution in [2.45, 2.75) is 79.1 Å². The maximum absolute atomic E-state index is 12.2. The summed E-state index contributed by atoms with van der Waals surface area (Å²) in [7, 11) is 0. The van der Waals surface area contributed by atoms with Crippen LogP contribution in [0.2, 0.25) is 0 Å². The largest absolute Gasteiger partial charge is 0.466 e. The van der Waals surface area contributed by atoms with Crippen molar-refractivity contribution in [1.82, 2.24) is 0 Å². The van der Waals surface area contributed by atoms with E-state index in [1.165, 1.54) is 44.6 Å². The number of carbonyl (C=O) groups excluding carboxylic acids is 2. The van der Waals surface area contributed by atoms with Crippen LogP contribution in [-0.4, -0.2) is 18.4 Å². The van der Waals surface area contributed by atoms with Crippen molar-refractivity contribution >= 4 is 11.8 Å². The van der Waals surface area contributed by atoms with Gasteiger partial charge in [0.25, 0.3) is 0 Å². The maximum Gasteiger partial charge on any atom is 0.302 e. The molecule has 0 unspecified atom stereocenters. The van der Waals surface area contributed by atoms with Gasteiger partial charge in [0.05, 0.1) is 12.3 Å². The molecule has 0 spiro atoms. The average molecular weight is 388 g/mol. The van der Waals surface area contributed by atoms with Crippen LogP contribution < -0.4 is 5.73 Å². The van der Waals surface area contributed by atoms with E-state index >= 15 is 0 Å². The first-order chi connectivity index (χ1) is 13.2. The summed E-state index contributed by atoms with van der Waals surface area (Å²) in [6.07, 6.45) is 8.87. The summed E-state index contributed by atoms with van der Waals surface area (Å²) in [5.74, 6) is 3.25. The first kappa shape index (κ1) is 20.0. The van der Waals surface area contributed by atoms with E-state index in [0.717, 1.165) is 24.7 Å². The molecular weight excluding hydrogens is 350 g/mol. The van der Waals surface area contributed by atoms with Crippen molar-refractivity contribution in [2.24, 2.45) is 46.2 Å². The minimum Gasteiger partial charge on any atom is -0.466 e. The lowest BCUT2D eigenvalue weighted by Crippen LogP contribution is -2.52. The number of carbonyl (C=O) groups is 2. The van der Waals surface area contributed by atoms with Crippen molar-refractivity contribution in [1.29, 1.82) is 0 Å². The molecule has 28 heavy (non-hydrogen) atoms. The molecule has 2 N–H and O–H groups in total. The highest BCUT2D eigenvalue weighted by Gasteiger charge is 2.60. The number of Topliss-reactive ketones (excluding diaryl/α,β-unsaturated/α-hetero) is 1. The van der Waals surface area contributed by atoms with Gasteiger partial charge >= 0.3 is 5.97 Å². The second-order valence-corrected chi connectivity index (χ2v) is 10.7. The smallest absolute Gasteiger partial charge is 0.302 e. The lowest BCUT2D eigenvalue weighted by atomic mass is 9.46. The minimum atomic E-state index is -0.167. The van der Waals surface area contributed by atoms with E-state index in [4.69, 9.17) is 10.5 Å². The Morgan fingerprint density at radius 3 is 2.61 bits per heavy atom. The van der Waals surface area contributed by atoms with E-state index in [1.54, 1.807) is 0 Å². The zero-order chi connectivity index (χ0) is 20.3. The highest BCUT2D eigenvalue weighted by Crippen LogP contribution is 2.67. The second-order valence-electron chi connectivity index (χ2n) is 10.7. The van der Waals surface area contributed by atoms with E-state index < -0.39 is 0 Å². The van der Waals surface area contributed by atoms with Crippen LogP contribution in [0.3, 0.4) is 0 Å². The molecular formula is C24H37NO3. The van der Waals surface area contributed by atoms with Crippen LogP contribution in [0.15, 0.2) is 11.3 Å². The molecule has 0 aliphatic heterocycles. The molecule has 4 aliphatic rings. The Morgan fingerprint density at radius 1 is 1.14 bits per heavy atom. The van der Waals surface area contributed by atoms with E-state index in [2.05, 4.69) is 20.8 Å². The average Bonchev–Trinajstić information content (AvgIpc) is 3.00. The fraction of sp³-hybridized carbons (Fsp3) is 0.833. The molecule has 3 saturated carbocycles.